The first kappa shape index (κ1) is 16.0. The van der Waals surface area contributed by atoms with Crippen LogP contribution in [0.1, 0.15) is 31.1 Å². The second kappa shape index (κ2) is 5.96. The fourth-order valence-electron chi connectivity index (χ4n) is 1.80. The molecule has 0 bridgehead atoms. The van der Waals surface area contributed by atoms with Gasteiger partial charge in [-0.1, -0.05) is 0 Å². The lowest BCUT2D eigenvalue weighted by Crippen LogP contribution is -2.42. The van der Waals surface area contributed by atoms with Gasteiger partial charge in [0.15, 0.2) is 0 Å². The summed E-state index contributed by atoms with van der Waals surface area (Å²) in [6, 6.07) is 2.80. The average molecular weight is 284 g/mol. The smallest absolute Gasteiger partial charge is 0.285 e. The lowest BCUT2D eigenvalue weighted by molar-refractivity contribution is -0.385. The van der Waals surface area contributed by atoms with Crippen LogP contribution in [-0.2, 0) is 0 Å². The van der Waals surface area contributed by atoms with Crippen LogP contribution in [0.5, 0.6) is 0 Å². The molecule has 20 heavy (non-hydrogen) atoms. The number of likely N-dealkylation sites (N-methyl/N-ethyl adjacent to an activating group) is 1. The molecule has 6 nitrogen and oxygen atoms in total. The number of rotatable bonds is 5. The van der Waals surface area contributed by atoms with E-state index in [1.165, 1.54) is 18.7 Å². The Bertz CT molecular complexity index is 526. The molecule has 0 spiro atoms. The molecule has 0 aliphatic rings. The van der Waals surface area contributed by atoms with E-state index in [1.54, 1.807) is 6.92 Å². The van der Waals surface area contributed by atoms with Gasteiger partial charge in [-0.15, -0.1) is 0 Å². The van der Waals surface area contributed by atoms with Crippen molar-refractivity contribution in [3.63, 3.8) is 0 Å². The minimum Gasteiger partial charge on any atom is -0.389 e. The highest BCUT2D eigenvalue weighted by Crippen LogP contribution is 2.22. The van der Waals surface area contributed by atoms with Crippen LogP contribution in [0.15, 0.2) is 18.2 Å². The molecule has 0 atom stereocenters. The Morgan fingerprint density at radius 1 is 1.50 bits per heavy atom. The average Bonchev–Trinajstić information content (AvgIpc) is 2.33. The van der Waals surface area contributed by atoms with Crippen LogP contribution in [0.4, 0.5) is 10.1 Å². The fourth-order valence-corrected chi connectivity index (χ4v) is 1.80. The second-order valence-corrected chi connectivity index (χ2v) is 5.05. The van der Waals surface area contributed by atoms with E-state index in [-0.39, 0.29) is 18.7 Å². The molecule has 0 saturated heterocycles. The van der Waals surface area contributed by atoms with E-state index < -0.39 is 27.9 Å². The number of carbonyl (C=O) groups excluding carboxylic acids is 1. The van der Waals surface area contributed by atoms with Gasteiger partial charge in [0.25, 0.3) is 11.6 Å². The number of nitro benzene ring substituents is 1. The molecule has 0 radical (unpaired) electrons. The van der Waals surface area contributed by atoms with Crippen molar-refractivity contribution in [3.8, 4) is 0 Å². The third-order valence-electron chi connectivity index (χ3n) is 2.63. The molecular formula is C13H17FN2O4. The Kier molecular flexibility index (Phi) is 4.78. The van der Waals surface area contributed by atoms with Gasteiger partial charge in [-0.2, -0.15) is 0 Å². The number of carbonyl (C=O) groups is 1. The normalized spacial score (nSPS) is 11.2. The zero-order valence-electron chi connectivity index (χ0n) is 11.6. The SMILES string of the molecule is CCN(CC(C)(C)O)C(=O)c1ccc(F)cc1[N+](=O)[O-]. The van der Waals surface area contributed by atoms with Gasteiger partial charge in [-0.3, -0.25) is 14.9 Å². The van der Waals surface area contributed by atoms with Gasteiger partial charge in [0, 0.05) is 13.1 Å². The number of halogens is 1. The van der Waals surface area contributed by atoms with Crippen molar-refractivity contribution in [3.05, 3.63) is 39.7 Å². The molecule has 1 N–H and O–H groups in total. The van der Waals surface area contributed by atoms with E-state index in [0.29, 0.717) is 6.07 Å². The van der Waals surface area contributed by atoms with Crippen LogP contribution in [0.2, 0.25) is 0 Å². The molecule has 7 heteroatoms. The first-order valence-corrected chi connectivity index (χ1v) is 6.11. The van der Waals surface area contributed by atoms with Gasteiger partial charge in [0.05, 0.1) is 16.6 Å². The number of nitro groups is 1. The molecule has 0 saturated carbocycles. The minimum absolute atomic E-state index is 0.0247. The zero-order chi connectivity index (χ0) is 15.5. The van der Waals surface area contributed by atoms with Crippen molar-refractivity contribution >= 4 is 11.6 Å². The summed E-state index contributed by atoms with van der Waals surface area (Å²) in [4.78, 5) is 23.7. The van der Waals surface area contributed by atoms with Gasteiger partial charge in [-0.05, 0) is 32.9 Å². The van der Waals surface area contributed by atoms with Gasteiger partial charge in [0.2, 0.25) is 0 Å². The molecule has 0 aromatic heterocycles. The van der Waals surface area contributed by atoms with Gasteiger partial charge in [0.1, 0.15) is 11.4 Å². The van der Waals surface area contributed by atoms with Gasteiger partial charge in [-0.25, -0.2) is 4.39 Å². The third kappa shape index (κ3) is 3.99. The van der Waals surface area contributed by atoms with E-state index in [1.807, 2.05) is 0 Å². The monoisotopic (exact) mass is 284 g/mol. The minimum atomic E-state index is -1.12. The summed E-state index contributed by atoms with van der Waals surface area (Å²) in [5.74, 6) is -1.39. The topological polar surface area (TPSA) is 83.7 Å². The Morgan fingerprint density at radius 3 is 2.55 bits per heavy atom. The maximum atomic E-state index is 13.1. The van der Waals surface area contributed by atoms with Crippen LogP contribution in [0, 0.1) is 15.9 Å². The van der Waals surface area contributed by atoms with Crippen LogP contribution in [0.25, 0.3) is 0 Å². The molecule has 1 amide bonds. The summed E-state index contributed by atoms with van der Waals surface area (Å²) in [6.07, 6.45) is 0. The van der Waals surface area contributed by atoms with Crippen molar-refractivity contribution in [1.29, 1.82) is 0 Å². The van der Waals surface area contributed by atoms with E-state index in [0.717, 1.165) is 12.1 Å². The van der Waals surface area contributed by atoms with Crippen LogP contribution < -0.4 is 0 Å². The van der Waals surface area contributed by atoms with Crippen molar-refractivity contribution in [1.82, 2.24) is 4.90 Å². The van der Waals surface area contributed by atoms with Crippen LogP contribution >= 0.6 is 0 Å². The summed E-state index contributed by atoms with van der Waals surface area (Å²) >= 11 is 0. The number of hydrogen-bond acceptors (Lipinski definition) is 4. The highest BCUT2D eigenvalue weighted by atomic mass is 19.1. The Morgan fingerprint density at radius 2 is 2.10 bits per heavy atom. The predicted molar refractivity (Wildman–Crippen MR) is 70.9 cm³/mol. The number of hydrogen-bond donors (Lipinski definition) is 1. The zero-order valence-corrected chi connectivity index (χ0v) is 11.6. The number of aliphatic hydroxyl groups is 1. The summed E-state index contributed by atoms with van der Waals surface area (Å²) < 4.78 is 13.1. The van der Waals surface area contributed by atoms with E-state index in [2.05, 4.69) is 0 Å². The summed E-state index contributed by atoms with van der Waals surface area (Å²) in [6.45, 7) is 5.05. The number of benzene rings is 1. The van der Waals surface area contributed by atoms with Crippen molar-refractivity contribution in [2.45, 2.75) is 26.4 Å². The van der Waals surface area contributed by atoms with E-state index in [9.17, 15) is 24.4 Å². The Hall–Kier alpha value is -2.02. The van der Waals surface area contributed by atoms with E-state index in [4.69, 9.17) is 0 Å². The highest BCUT2D eigenvalue weighted by Gasteiger charge is 2.27. The standard InChI is InChI=1S/C13H17FN2O4/c1-4-15(8-13(2,3)18)12(17)10-6-5-9(14)7-11(10)16(19)20/h5-7,18H,4,8H2,1-3H3. The molecule has 0 unspecified atom stereocenters. The first-order valence-electron chi connectivity index (χ1n) is 6.11. The summed E-state index contributed by atoms with van der Waals surface area (Å²) in [7, 11) is 0. The van der Waals surface area contributed by atoms with Gasteiger partial charge >= 0.3 is 0 Å². The molecule has 1 aromatic rings. The predicted octanol–water partition coefficient (Wildman–Crippen LogP) is 1.97. The maximum Gasteiger partial charge on any atom is 0.285 e. The Balaban J connectivity index is 3.16. The maximum absolute atomic E-state index is 13.1. The molecule has 0 heterocycles. The summed E-state index contributed by atoms with van der Waals surface area (Å²) in [5.41, 5.74) is -1.90. The van der Waals surface area contributed by atoms with Crippen LogP contribution in [0.3, 0.4) is 0 Å². The molecule has 0 fully saturated rings. The molecule has 110 valence electrons. The van der Waals surface area contributed by atoms with E-state index >= 15 is 0 Å². The Labute approximate surface area is 116 Å². The molecule has 0 aliphatic heterocycles. The lowest BCUT2D eigenvalue weighted by atomic mass is 10.1. The van der Waals surface area contributed by atoms with Crippen molar-refractivity contribution < 1.29 is 19.2 Å². The number of amides is 1. The lowest BCUT2D eigenvalue weighted by Gasteiger charge is -2.28. The van der Waals surface area contributed by atoms with Crippen molar-refractivity contribution in [2.24, 2.45) is 0 Å². The number of nitrogens with zero attached hydrogens (tertiary/aromatic N) is 2. The fraction of sp³-hybridized carbons (Fsp3) is 0.462. The van der Waals surface area contributed by atoms with Gasteiger partial charge < -0.3 is 10.0 Å². The third-order valence-corrected chi connectivity index (χ3v) is 2.63. The second-order valence-electron chi connectivity index (χ2n) is 5.05. The van der Waals surface area contributed by atoms with Crippen molar-refractivity contribution in [2.75, 3.05) is 13.1 Å². The largest absolute Gasteiger partial charge is 0.389 e. The van der Waals surface area contributed by atoms with Crippen LogP contribution in [-0.4, -0.2) is 39.5 Å². The summed E-state index contributed by atoms with van der Waals surface area (Å²) in [5, 5.41) is 20.6. The molecule has 1 aromatic carbocycles. The molecule has 0 aliphatic carbocycles. The molecular weight excluding hydrogens is 267 g/mol. The molecule has 1 rings (SSSR count). The highest BCUT2D eigenvalue weighted by molar-refractivity contribution is 5.98. The quantitative estimate of drug-likeness (QED) is 0.661. The first-order chi connectivity index (χ1) is 9.15.